The lowest BCUT2D eigenvalue weighted by Crippen LogP contribution is -2.44. The number of hydrogen-bond donors (Lipinski definition) is 0. The lowest BCUT2D eigenvalue weighted by atomic mass is 10.1. The van der Waals surface area contributed by atoms with Crippen LogP contribution in [-0.2, 0) is 4.74 Å². The third kappa shape index (κ3) is 2.40. The first-order chi connectivity index (χ1) is 7.27. The molecule has 1 aliphatic rings. The molecule has 4 nitrogen and oxygen atoms in total. The molecule has 1 aromatic heterocycles. The maximum absolute atomic E-state index is 12.0. The smallest absolute Gasteiger partial charge is 0.194 e. The summed E-state index contributed by atoms with van der Waals surface area (Å²) in [6.07, 6.45) is 2.90. The van der Waals surface area contributed by atoms with E-state index in [1.165, 1.54) is 0 Å². The Labute approximate surface area is 88.9 Å². The van der Waals surface area contributed by atoms with Crippen LogP contribution in [0.5, 0.6) is 0 Å². The van der Waals surface area contributed by atoms with Crippen molar-refractivity contribution in [2.24, 2.45) is 0 Å². The van der Waals surface area contributed by atoms with Crippen LogP contribution in [0.1, 0.15) is 10.4 Å². The quantitative estimate of drug-likeness (QED) is 0.664. The van der Waals surface area contributed by atoms with E-state index in [0.717, 1.165) is 6.54 Å². The predicted molar refractivity (Wildman–Crippen MR) is 55.8 cm³/mol. The Balaban J connectivity index is 2.08. The number of ketones is 1. The maximum Gasteiger partial charge on any atom is 0.194 e. The van der Waals surface area contributed by atoms with Gasteiger partial charge in [0.1, 0.15) is 6.10 Å². The SMILES string of the molecule is CN1CCOC(C(=O)c2cccnc2)C1. The number of nitrogens with zero attached hydrogens (tertiary/aromatic N) is 2. The lowest BCUT2D eigenvalue weighted by molar-refractivity contribution is -0.00864. The zero-order valence-corrected chi connectivity index (χ0v) is 8.72. The van der Waals surface area contributed by atoms with Crippen LogP contribution in [-0.4, -0.2) is 48.5 Å². The van der Waals surface area contributed by atoms with E-state index in [1.54, 1.807) is 24.5 Å². The molecule has 2 heterocycles. The van der Waals surface area contributed by atoms with Gasteiger partial charge in [-0.15, -0.1) is 0 Å². The molecular formula is C11H14N2O2. The van der Waals surface area contributed by atoms with Crippen LogP contribution >= 0.6 is 0 Å². The summed E-state index contributed by atoms with van der Waals surface area (Å²) in [6, 6.07) is 3.53. The summed E-state index contributed by atoms with van der Waals surface area (Å²) in [5, 5.41) is 0. The van der Waals surface area contributed by atoms with Crippen molar-refractivity contribution in [3.8, 4) is 0 Å². The summed E-state index contributed by atoms with van der Waals surface area (Å²) in [7, 11) is 1.99. The minimum absolute atomic E-state index is 0.0228. The Bertz CT molecular complexity index is 340. The van der Waals surface area contributed by atoms with Gasteiger partial charge in [0, 0.05) is 31.0 Å². The lowest BCUT2D eigenvalue weighted by Gasteiger charge is -2.28. The summed E-state index contributed by atoms with van der Waals surface area (Å²) in [6.45, 7) is 2.16. The zero-order chi connectivity index (χ0) is 10.7. The van der Waals surface area contributed by atoms with Crippen molar-refractivity contribution in [2.45, 2.75) is 6.10 Å². The molecule has 0 aromatic carbocycles. The van der Waals surface area contributed by atoms with Crippen LogP contribution in [0, 0.1) is 0 Å². The first kappa shape index (κ1) is 10.3. The number of morpholine rings is 1. The molecule has 15 heavy (non-hydrogen) atoms. The van der Waals surface area contributed by atoms with E-state index in [0.29, 0.717) is 18.7 Å². The van der Waals surface area contributed by atoms with E-state index in [9.17, 15) is 4.79 Å². The van der Waals surface area contributed by atoms with E-state index in [4.69, 9.17) is 4.74 Å². The molecule has 2 rings (SSSR count). The minimum atomic E-state index is -0.340. The molecule has 4 heteroatoms. The molecular weight excluding hydrogens is 192 g/mol. The van der Waals surface area contributed by atoms with Crippen LogP contribution < -0.4 is 0 Å². The van der Waals surface area contributed by atoms with Crippen molar-refractivity contribution in [1.29, 1.82) is 0 Å². The highest BCUT2D eigenvalue weighted by atomic mass is 16.5. The Morgan fingerprint density at radius 3 is 3.20 bits per heavy atom. The minimum Gasteiger partial charge on any atom is -0.367 e. The fourth-order valence-corrected chi connectivity index (χ4v) is 1.63. The van der Waals surface area contributed by atoms with Gasteiger partial charge in [-0.05, 0) is 19.2 Å². The highest BCUT2D eigenvalue weighted by Gasteiger charge is 2.25. The van der Waals surface area contributed by atoms with Gasteiger partial charge < -0.3 is 9.64 Å². The van der Waals surface area contributed by atoms with Crippen molar-refractivity contribution in [1.82, 2.24) is 9.88 Å². The molecule has 80 valence electrons. The number of aromatic nitrogens is 1. The zero-order valence-electron chi connectivity index (χ0n) is 8.72. The van der Waals surface area contributed by atoms with Crippen LogP contribution in [0.25, 0.3) is 0 Å². The van der Waals surface area contributed by atoms with Gasteiger partial charge in [-0.25, -0.2) is 0 Å². The largest absolute Gasteiger partial charge is 0.367 e. The Hall–Kier alpha value is -1.26. The van der Waals surface area contributed by atoms with Crippen molar-refractivity contribution in [3.63, 3.8) is 0 Å². The molecule has 0 radical (unpaired) electrons. The average Bonchev–Trinajstić information content (AvgIpc) is 2.29. The van der Waals surface area contributed by atoms with Gasteiger partial charge in [-0.2, -0.15) is 0 Å². The van der Waals surface area contributed by atoms with Crippen LogP contribution in [0.4, 0.5) is 0 Å². The number of ether oxygens (including phenoxy) is 1. The molecule has 0 aliphatic carbocycles. The monoisotopic (exact) mass is 206 g/mol. The molecule has 0 saturated carbocycles. The molecule has 1 unspecified atom stereocenters. The van der Waals surface area contributed by atoms with E-state index in [-0.39, 0.29) is 11.9 Å². The second-order valence-electron chi connectivity index (χ2n) is 3.73. The van der Waals surface area contributed by atoms with Crippen molar-refractivity contribution >= 4 is 5.78 Å². The number of hydrogen-bond acceptors (Lipinski definition) is 4. The molecule has 1 atom stereocenters. The summed E-state index contributed by atoms with van der Waals surface area (Å²) in [4.78, 5) is 18.0. The van der Waals surface area contributed by atoms with Crippen LogP contribution in [0.2, 0.25) is 0 Å². The van der Waals surface area contributed by atoms with Gasteiger partial charge in [-0.1, -0.05) is 0 Å². The van der Waals surface area contributed by atoms with E-state index in [2.05, 4.69) is 9.88 Å². The number of carbonyl (C=O) groups excluding carboxylic acids is 1. The van der Waals surface area contributed by atoms with Gasteiger partial charge in [0.15, 0.2) is 5.78 Å². The second kappa shape index (κ2) is 4.51. The topological polar surface area (TPSA) is 42.4 Å². The number of carbonyl (C=O) groups is 1. The van der Waals surface area contributed by atoms with Crippen molar-refractivity contribution < 1.29 is 9.53 Å². The third-order valence-electron chi connectivity index (χ3n) is 2.51. The highest BCUT2D eigenvalue weighted by Crippen LogP contribution is 2.09. The summed E-state index contributed by atoms with van der Waals surface area (Å²) < 4.78 is 5.45. The standard InChI is InChI=1S/C11H14N2O2/c1-13-5-6-15-10(8-13)11(14)9-3-2-4-12-7-9/h2-4,7,10H,5-6,8H2,1H3. The van der Waals surface area contributed by atoms with Gasteiger partial charge >= 0.3 is 0 Å². The fraction of sp³-hybridized carbons (Fsp3) is 0.455. The molecule has 1 aliphatic heterocycles. The van der Waals surface area contributed by atoms with Gasteiger partial charge in [0.2, 0.25) is 0 Å². The molecule has 0 N–H and O–H groups in total. The third-order valence-corrected chi connectivity index (χ3v) is 2.51. The van der Waals surface area contributed by atoms with E-state index in [1.807, 2.05) is 7.05 Å². The van der Waals surface area contributed by atoms with E-state index < -0.39 is 0 Å². The van der Waals surface area contributed by atoms with Crippen LogP contribution in [0.15, 0.2) is 24.5 Å². The second-order valence-corrected chi connectivity index (χ2v) is 3.73. The Morgan fingerprint density at radius 1 is 1.67 bits per heavy atom. The van der Waals surface area contributed by atoms with Gasteiger partial charge in [0.05, 0.1) is 6.61 Å². The van der Waals surface area contributed by atoms with Gasteiger partial charge in [0.25, 0.3) is 0 Å². The average molecular weight is 206 g/mol. The fourth-order valence-electron chi connectivity index (χ4n) is 1.63. The first-order valence-electron chi connectivity index (χ1n) is 5.02. The summed E-state index contributed by atoms with van der Waals surface area (Å²) in [5.41, 5.74) is 0.623. The molecule has 0 amide bonds. The predicted octanol–water partition coefficient (Wildman–Crippen LogP) is 0.595. The highest BCUT2D eigenvalue weighted by molar-refractivity contribution is 5.99. The van der Waals surface area contributed by atoms with Gasteiger partial charge in [-0.3, -0.25) is 9.78 Å². The molecule has 1 aromatic rings. The Morgan fingerprint density at radius 2 is 2.53 bits per heavy atom. The number of Topliss-reactive ketones (excluding diaryl/α,β-unsaturated/α-hetero) is 1. The van der Waals surface area contributed by atoms with Crippen molar-refractivity contribution in [2.75, 3.05) is 26.7 Å². The number of pyridine rings is 1. The normalized spacial score (nSPS) is 22.6. The first-order valence-corrected chi connectivity index (χ1v) is 5.02. The summed E-state index contributed by atoms with van der Waals surface area (Å²) >= 11 is 0. The molecule has 1 fully saturated rings. The molecule has 0 spiro atoms. The number of likely N-dealkylation sites (N-methyl/N-ethyl adjacent to an activating group) is 1. The Kier molecular flexibility index (Phi) is 3.08. The molecule has 1 saturated heterocycles. The molecule has 0 bridgehead atoms. The van der Waals surface area contributed by atoms with Crippen molar-refractivity contribution in [3.05, 3.63) is 30.1 Å². The number of rotatable bonds is 2. The van der Waals surface area contributed by atoms with Crippen LogP contribution in [0.3, 0.4) is 0 Å². The van der Waals surface area contributed by atoms with E-state index >= 15 is 0 Å². The maximum atomic E-state index is 12.0. The summed E-state index contributed by atoms with van der Waals surface area (Å²) in [5.74, 6) is 0.0228.